The molecule has 0 aromatic carbocycles. The van der Waals surface area contributed by atoms with Gasteiger partial charge in [-0.25, -0.2) is 9.97 Å². The van der Waals surface area contributed by atoms with Gasteiger partial charge in [0.05, 0.1) is 6.04 Å². The fourth-order valence-electron chi connectivity index (χ4n) is 2.04. The average Bonchev–Trinajstić information content (AvgIpc) is 2.75. The molecule has 1 aromatic heterocycles. The number of nitrogens with two attached hydrogens (primary N) is 1. The number of aromatic nitrogens is 2. The van der Waals surface area contributed by atoms with Crippen LogP contribution < -0.4 is 5.73 Å². The van der Waals surface area contributed by atoms with Crippen molar-refractivity contribution in [1.82, 2.24) is 14.9 Å². The summed E-state index contributed by atoms with van der Waals surface area (Å²) in [5.74, 6) is 0. The Labute approximate surface area is 94.5 Å². The van der Waals surface area contributed by atoms with Crippen LogP contribution in [0.5, 0.6) is 0 Å². The molecule has 1 aliphatic heterocycles. The summed E-state index contributed by atoms with van der Waals surface area (Å²) < 4.78 is 0. The molecule has 82 valence electrons. The molecule has 15 heavy (non-hydrogen) atoms. The third-order valence-electron chi connectivity index (χ3n) is 2.83. The third-order valence-corrected chi connectivity index (χ3v) is 3.02. The molecule has 4 nitrogen and oxygen atoms in total. The lowest BCUT2D eigenvalue weighted by molar-refractivity contribution is 0.250. The van der Waals surface area contributed by atoms with E-state index in [9.17, 15) is 0 Å². The van der Waals surface area contributed by atoms with Crippen molar-refractivity contribution in [2.24, 2.45) is 5.73 Å². The van der Waals surface area contributed by atoms with Crippen LogP contribution >= 0.6 is 11.6 Å². The monoisotopic (exact) mass is 226 g/mol. The summed E-state index contributed by atoms with van der Waals surface area (Å²) in [5, 5.41) is 0.288. The lowest BCUT2D eigenvalue weighted by Gasteiger charge is -2.25. The Hall–Kier alpha value is -0.710. The lowest BCUT2D eigenvalue weighted by atomic mass is 10.1. The van der Waals surface area contributed by atoms with E-state index in [0.717, 1.165) is 18.7 Å². The molecule has 2 N–H and O–H groups in total. The second-order valence-electron chi connectivity index (χ2n) is 3.78. The van der Waals surface area contributed by atoms with Crippen LogP contribution in [0.2, 0.25) is 5.28 Å². The number of likely N-dealkylation sites (tertiary alicyclic amines) is 1. The molecule has 2 rings (SSSR count). The van der Waals surface area contributed by atoms with Gasteiger partial charge < -0.3 is 5.73 Å². The molecule has 2 heterocycles. The van der Waals surface area contributed by atoms with Gasteiger partial charge in [-0.3, -0.25) is 4.90 Å². The van der Waals surface area contributed by atoms with E-state index in [-0.39, 0.29) is 11.3 Å². The first-order valence-corrected chi connectivity index (χ1v) is 5.60. The van der Waals surface area contributed by atoms with Crippen LogP contribution in [0, 0.1) is 0 Å². The van der Waals surface area contributed by atoms with Crippen LogP contribution in [0.25, 0.3) is 0 Å². The Balaban J connectivity index is 2.14. The van der Waals surface area contributed by atoms with Gasteiger partial charge in [0.15, 0.2) is 0 Å². The van der Waals surface area contributed by atoms with Crippen molar-refractivity contribution >= 4 is 11.6 Å². The SMILES string of the molecule is NCC(c1cnc(Cl)nc1)N1CCCC1. The van der Waals surface area contributed by atoms with Gasteiger partial charge in [-0.1, -0.05) is 0 Å². The number of hydrogen-bond donors (Lipinski definition) is 1. The molecule has 1 aliphatic rings. The standard InChI is InChI=1S/C10H15ClN4/c11-10-13-6-8(7-14-10)9(5-12)15-3-1-2-4-15/h6-7,9H,1-5,12H2. The Morgan fingerprint density at radius 1 is 1.33 bits per heavy atom. The molecule has 1 aromatic rings. The molecular formula is C10H15ClN4. The fraction of sp³-hybridized carbons (Fsp3) is 0.600. The van der Waals surface area contributed by atoms with E-state index in [1.165, 1.54) is 12.8 Å². The van der Waals surface area contributed by atoms with Gasteiger partial charge in [-0.15, -0.1) is 0 Å². The lowest BCUT2D eigenvalue weighted by Crippen LogP contribution is -2.31. The largest absolute Gasteiger partial charge is 0.329 e. The first-order valence-electron chi connectivity index (χ1n) is 5.23. The van der Waals surface area contributed by atoms with Gasteiger partial charge >= 0.3 is 0 Å². The summed E-state index contributed by atoms with van der Waals surface area (Å²) in [6.07, 6.45) is 6.05. The summed E-state index contributed by atoms with van der Waals surface area (Å²) in [7, 11) is 0. The van der Waals surface area contributed by atoms with Crippen LogP contribution in [-0.2, 0) is 0 Å². The van der Waals surface area contributed by atoms with Crippen LogP contribution in [-0.4, -0.2) is 34.5 Å². The van der Waals surface area contributed by atoms with E-state index in [1.54, 1.807) is 12.4 Å². The summed E-state index contributed by atoms with van der Waals surface area (Å²) >= 11 is 5.65. The molecular weight excluding hydrogens is 212 g/mol. The zero-order valence-corrected chi connectivity index (χ0v) is 9.32. The molecule has 0 amide bonds. The van der Waals surface area contributed by atoms with Gasteiger partial charge in [-0.05, 0) is 37.5 Å². The van der Waals surface area contributed by atoms with E-state index in [1.807, 2.05) is 0 Å². The normalized spacial score (nSPS) is 19.3. The number of halogens is 1. The highest BCUT2D eigenvalue weighted by atomic mass is 35.5. The molecule has 1 unspecified atom stereocenters. The molecule has 0 spiro atoms. The van der Waals surface area contributed by atoms with E-state index in [2.05, 4.69) is 14.9 Å². The highest BCUT2D eigenvalue weighted by Crippen LogP contribution is 2.23. The molecule has 0 radical (unpaired) electrons. The predicted molar refractivity (Wildman–Crippen MR) is 59.6 cm³/mol. The van der Waals surface area contributed by atoms with Gasteiger partial charge in [0.1, 0.15) is 0 Å². The number of nitrogens with zero attached hydrogens (tertiary/aromatic N) is 3. The molecule has 1 atom stereocenters. The molecule has 0 saturated carbocycles. The van der Waals surface area contributed by atoms with Gasteiger partial charge in [-0.2, -0.15) is 0 Å². The van der Waals surface area contributed by atoms with Crippen LogP contribution in [0.4, 0.5) is 0 Å². The van der Waals surface area contributed by atoms with E-state index in [4.69, 9.17) is 17.3 Å². The van der Waals surface area contributed by atoms with Crippen molar-refractivity contribution in [1.29, 1.82) is 0 Å². The van der Waals surface area contributed by atoms with Gasteiger partial charge in [0, 0.05) is 24.5 Å². The highest BCUT2D eigenvalue weighted by molar-refractivity contribution is 6.28. The van der Waals surface area contributed by atoms with Crippen LogP contribution in [0.3, 0.4) is 0 Å². The minimum Gasteiger partial charge on any atom is -0.329 e. The molecule has 5 heteroatoms. The maximum Gasteiger partial charge on any atom is 0.222 e. The van der Waals surface area contributed by atoms with Gasteiger partial charge in [0.25, 0.3) is 0 Å². The van der Waals surface area contributed by atoms with Gasteiger partial charge in [0.2, 0.25) is 5.28 Å². The first kappa shape index (κ1) is 10.8. The van der Waals surface area contributed by atoms with Crippen molar-refractivity contribution in [2.45, 2.75) is 18.9 Å². The maximum atomic E-state index is 5.79. The van der Waals surface area contributed by atoms with E-state index >= 15 is 0 Å². The van der Waals surface area contributed by atoms with Crippen LogP contribution in [0.15, 0.2) is 12.4 Å². The summed E-state index contributed by atoms with van der Waals surface area (Å²) in [4.78, 5) is 10.4. The van der Waals surface area contributed by atoms with Crippen molar-refractivity contribution in [2.75, 3.05) is 19.6 Å². The smallest absolute Gasteiger partial charge is 0.222 e. The zero-order valence-electron chi connectivity index (χ0n) is 8.56. The van der Waals surface area contributed by atoms with Crippen LogP contribution in [0.1, 0.15) is 24.4 Å². The summed E-state index contributed by atoms with van der Waals surface area (Å²) in [6.45, 7) is 2.83. The maximum absolute atomic E-state index is 5.79. The minimum absolute atomic E-state index is 0.241. The Bertz CT molecular complexity index is 308. The van der Waals surface area contributed by atoms with E-state index < -0.39 is 0 Å². The van der Waals surface area contributed by atoms with Crippen molar-refractivity contribution in [3.63, 3.8) is 0 Å². The second kappa shape index (κ2) is 4.88. The van der Waals surface area contributed by atoms with Crippen molar-refractivity contribution < 1.29 is 0 Å². The second-order valence-corrected chi connectivity index (χ2v) is 4.12. The predicted octanol–water partition coefficient (Wildman–Crippen LogP) is 1.23. The zero-order chi connectivity index (χ0) is 10.7. The molecule has 1 saturated heterocycles. The third kappa shape index (κ3) is 2.45. The fourth-order valence-corrected chi connectivity index (χ4v) is 2.14. The van der Waals surface area contributed by atoms with E-state index in [0.29, 0.717) is 6.54 Å². The summed E-state index contributed by atoms with van der Waals surface area (Å²) in [5.41, 5.74) is 6.85. The number of rotatable bonds is 3. The Kier molecular flexibility index (Phi) is 3.51. The first-order chi connectivity index (χ1) is 7.31. The topological polar surface area (TPSA) is 55.0 Å². The number of hydrogen-bond acceptors (Lipinski definition) is 4. The Morgan fingerprint density at radius 2 is 1.93 bits per heavy atom. The van der Waals surface area contributed by atoms with Crippen molar-refractivity contribution in [3.05, 3.63) is 23.2 Å². The average molecular weight is 227 g/mol. The summed E-state index contributed by atoms with van der Waals surface area (Å²) in [6, 6.07) is 0.241. The highest BCUT2D eigenvalue weighted by Gasteiger charge is 2.22. The quantitative estimate of drug-likeness (QED) is 0.788. The molecule has 1 fully saturated rings. The molecule has 0 aliphatic carbocycles. The Morgan fingerprint density at radius 3 is 2.47 bits per heavy atom. The van der Waals surface area contributed by atoms with Crippen molar-refractivity contribution in [3.8, 4) is 0 Å². The molecule has 0 bridgehead atoms. The minimum atomic E-state index is 0.241.